The zero-order chi connectivity index (χ0) is 11.8. The number of nitrogens with one attached hydrogen (secondary N) is 1. The van der Waals surface area contributed by atoms with Gasteiger partial charge >= 0.3 is 0 Å². The summed E-state index contributed by atoms with van der Waals surface area (Å²) in [5.74, 6) is 1.53. The highest BCUT2D eigenvalue weighted by Gasteiger charge is 2.00. The number of rotatable bonds is 6. The van der Waals surface area contributed by atoms with Gasteiger partial charge in [0.25, 0.3) is 0 Å². The minimum atomic E-state index is 0.127. The van der Waals surface area contributed by atoms with Crippen LogP contribution in [0.1, 0.15) is 18.9 Å². The number of amides is 1. The van der Waals surface area contributed by atoms with Gasteiger partial charge in [-0.05, 0) is 24.1 Å². The molecular weight excluding hydrogens is 286 g/mol. The maximum Gasteiger partial charge on any atom is 0.230 e. The molecule has 0 aliphatic heterocycles. The Morgan fingerprint density at radius 2 is 2.31 bits per heavy atom. The molecule has 16 heavy (non-hydrogen) atoms. The van der Waals surface area contributed by atoms with Crippen molar-refractivity contribution < 1.29 is 4.79 Å². The Morgan fingerprint density at radius 3 is 3.00 bits per heavy atom. The second kappa shape index (κ2) is 7.74. The number of halogens is 1. The van der Waals surface area contributed by atoms with Crippen LogP contribution in [0.2, 0.25) is 0 Å². The Labute approximate surface area is 109 Å². The maximum absolute atomic E-state index is 11.3. The fraction of sp³-hybridized carbons (Fsp3) is 0.417. The first kappa shape index (κ1) is 13.6. The molecule has 0 heterocycles. The van der Waals surface area contributed by atoms with Gasteiger partial charge in [0, 0.05) is 16.8 Å². The lowest BCUT2D eigenvalue weighted by Crippen LogP contribution is -2.25. The summed E-state index contributed by atoms with van der Waals surface area (Å²) in [5.41, 5.74) is 1.24. The fourth-order valence-electron chi connectivity index (χ4n) is 1.20. The second-order valence-electron chi connectivity index (χ2n) is 3.47. The summed E-state index contributed by atoms with van der Waals surface area (Å²) in [6.07, 6.45) is 0.988. The molecule has 0 aromatic heterocycles. The number of hydrogen-bond donors (Lipinski definition) is 1. The van der Waals surface area contributed by atoms with E-state index in [-0.39, 0.29) is 5.91 Å². The van der Waals surface area contributed by atoms with E-state index in [1.54, 1.807) is 11.8 Å². The molecule has 1 amide bonds. The molecule has 0 bridgehead atoms. The first-order chi connectivity index (χ1) is 7.72. The first-order valence-corrected chi connectivity index (χ1v) is 7.26. The molecule has 0 radical (unpaired) electrons. The van der Waals surface area contributed by atoms with Crippen molar-refractivity contribution in [3.63, 3.8) is 0 Å². The van der Waals surface area contributed by atoms with Crippen molar-refractivity contribution in [2.45, 2.75) is 19.1 Å². The van der Waals surface area contributed by atoms with Gasteiger partial charge in [-0.2, -0.15) is 0 Å². The highest BCUT2D eigenvalue weighted by Crippen LogP contribution is 2.16. The molecule has 4 heteroatoms. The minimum Gasteiger partial charge on any atom is -0.355 e. The van der Waals surface area contributed by atoms with E-state index < -0.39 is 0 Å². The van der Waals surface area contributed by atoms with Crippen molar-refractivity contribution >= 4 is 33.6 Å². The van der Waals surface area contributed by atoms with Crippen molar-refractivity contribution in [3.05, 3.63) is 34.3 Å². The van der Waals surface area contributed by atoms with E-state index in [9.17, 15) is 4.79 Å². The fourth-order valence-corrected chi connectivity index (χ4v) is 2.46. The van der Waals surface area contributed by atoms with Crippen LogP contribution in [0, 0.1) is 0 Å². The van der Waals surface area contributed by atoms with E-state index in [4.69, 9.17) is 0 Å². The normalized spacial score (nSPS) is 10.1. The monoisotopic (exact) mass is 301 g/mol. The Kier molecular flexibility index (Phi) is 6.57. The Hall–Kier alpha value is -0.480. The van der Waals surface area contributed by atoms with Crippen LogP contribution in [0.25, 0.3) is 0 Å². The highest BCUT2D eigenvalue weighted by molar-refractivity contribution is 9.10. The number of benzene rings is 1. The lowest BCUT2D eigenvalue weighted by molar-refractivity contribution is -0.118. The van der Waals surface area contributed by atoms with Crippen molar-refractivity contribution in [1.82, 2.24) is 5.32 Å². The quantitative estimate of drug-likeness (QED) is 0.874. The van der Waals surface area contributed by atoms with Crippen molar-refractivity contribution in [3.8, 4) is 0 Å². The molecule has 0 spiro atoms. The van der Waals surface area contributed by atoms with Gasteiger partial charge in [0.2, 0.25) is 5.91 Å². The summed E-state index contributed by atoms with van der Waals surface area (Å²) in [5, 5.41) is 2.86. The Balaban J connectivity index is 2.22. The predicted octanol–water partition coefficient (Wildman–Crippen LogP) is 3.21. The summed E-state index contributed by atoms with van der Waals surface area (Å²) in [4.78, 5) is 11.3. The minimum absolute atomic E-state index is 0.127. The van der Waals surface area contributed by atoms with Gasteiger partial charge in [-0.3, -0.25) is 4.79 Å². The largest absolute Gasteiger partial charge is 0.355 e. The Morgan fingerprint density at radius 1 is 1.50 bits per heavy atom. The molecule has 0 unspecified atom stereocenters. The van der Waals surface area contributed by atoms with Gasteiger partial charge in [-0.25, -0.2) is 0 Å². The first-order valence-electron chi connectivity index (χ1n) is 5.31. The lowest BCUT2D eigenvalue weighted by atomic mass is 10.2. The zero-order valence-electron chi connectivity index (χ0n) is 9.33. The van der Waals surface area contributed by atoms with Gasteiger partial charge in [0.05, 0.1) is 5.75 Å². The van der Waals surface area contributed by atoms with Crippen LogP contribution in [0.3, 0.4) is 0 Å². The molecule has 1 rings (SSSR count). The molecule has 0 aliphatic carbocycles. The molecule has 0 atom stereocenters. The van der Waals surface area contributed by atoms with Crippen LogP contribution in [-0.2, 0) is 10.5 Å². The lowest BCUT2D eigenvalue weighted by Gasteiger charge is -2.04. The Bertz CT molecular complexity index is 344. The molecule has 1 aromatic carbocycles. The molecule has 88 valence electrons. The van der Waals surface area contributed by atoms with E-state index in [0.717, 1.165) is 23.2 Å². The molecule has 1 N–H and O–H groups in total. The zero-order valence-corrected chi connectivity index (χ0v) is 11.7. The van der Waals surface area contributed by atoms with Crippen molar-refractivity contribution in [1.29, 1.82) is 0 Å². The van der Waals surface area contributed by atoms with Gasteiger partial charge in [0.1, 0.15) is 0 Å². The molecule has 0 saturated carbocycles. The van der Waals surface area contributed by atoms with Crippen molar-refractivity contribution in [2.24, 2.45) is 0 Å². The van der Waals surface area contributed by atoms with E-state index in [0.29, 0.717) is 5.75 Å². The number of carbonyl (C=O) groups excluding carboxylic acids is 1. The van der Waals surface area contributed by atoms with Crippen molar-refractivity contribution in [2.75, 3.05) is 12.3 Å². The molecule has 0 saturated heterocycles. The highest BCUT2D eigenvalue weighted by atomic mass is 79.9. The number of hydrogen-bond acceptors (Lipinski definition) is 2. The third kappa shape index (κ3) is 5.56. The van der Waals surface area contributed by atoms with E-state index in [1.165, 1.54) is 5.56 Å². The van der Waals surface area contributed by atoms with Crippen LogP contribution in [-0.4, -0.2) is 18.2 Å². The van der Waals surface area contributed by atoms with Crippen LogP contribution >= 0.6 is 27.7 Å². The van der Waals surface area contributed by atoms with Crippen LogP contribution in [0.4, 0.5) is 0 Å². The topological polar surface area (TPSA) is 29.1 Å². The molecule has 0 aliphatic rings. The van der Waals surface area contributed by atoms with Crippen LogP contribution < -0.4 is 5.32 Å². The predicted molar refractivity (Wildman–Crippen MR) is 73.6 cm³/mol. The smallest absolute Gasteiger partial charge is 0.230 e. The standard InChI is InChI=1S/C12H16BrNOS/c1-2-6-14-12(15)9-16-8-10-4-3-5-11(13)7-10/h3-5,7H,2,6,8-9H2,1H3,(H,14,15). The van der Waals surface area contributed by atoms with E-state index in [2.05, 4.69) is 40.3 Å². The maximum atomic E-state index is 11.3. The second-order valence-corrected chi connectivity index (χ2v) is 5.37. The molecule has 0 fully saturated rings. The summed E-state index contributed by atoms with van der Waals surface area (Å²) in [6.45, 7) is 2.82. The average Bonchev–Trinajstić information content (AvgIpc) is 2.26. The van der Waals surface area contributed by atoms with E-state index in [1.807, 2.05) is 12.1 Å². The van der Waals surface area contributed by atoms with E-state index >= 15 is 0 Å². The summed E-state index contributed by atoms with van der Waals surface area (Å²) in [7, 11) is 0. The molecular formula is C12H16BrNOS. The number of thioether (sulfide) groups is 1. The summed E-state index contributed by atoms with van der Waals surface area (Å²) >= 11 is 5.07. The summed E-state index contributed by atoms with van der Waals surface area (Å²) in [6, 6.07) is 8.16. The van der Waals surface area contributed by atoms with Crippen LogP contribution in [0.5, 0.6) is 0 Å². The van der Waals surface area contributed by atoms with Gasteiger partial charge < -0.3 is 5.32 Å². The number of carbonyl (C=O) groups is 1. The molecule has 2 nitrogen and oxygen atoms in total. The van der Waals surface area contributed by atoms with Crippen LogP contribution in [0.15, 0.2) is 28.7 Å². The third-order valence-corrected chi connectivity index (χ3v) is 3.46. The third-order valence-electron chi connectivity index (χ3n) is 1.96. The SMILES string of the molecule is CCCNC(=O)CSCc1cccc(Br)c1. The molecule has 1 aromatic rings. The van der Waals surface area contributed by atoms with Gasteiger partial charge in [0.15, 0.2) is 0 Å². The average molecular weight is 302 g/mol. The van der Waals surface area contributed by atoms with Gasteiger partial charge in [-0.15, -0.1) is 11.8 Å². The van der Waals surface area contributed by atoms with Gasteiger partial charge in [-0.1, -0.05) is 35.0 Å². The summed E-state index contributed by atoms with van der Waals surface area (Å²) < 4.78 is 1.08.